The Hall–Kier alpha value is -3.47. The molecule has 0 aliphatic rings. The summed E-state index contributed by atoms with van der Waals surface area (Å²) in [6.07, 6.45) is 8.22. The maximum atomic E-state index is 4.79. The number of para-hydroxylation sites is 3. The molecule has 5 heteroatoms. The molecule has 4 aromatic rings. The average molecular weight is 341 g/mol. The molecule has 0 unspecified atom stereocenters. The first-order valence-corrected chi connectivity index (χ1v) is 8.51. The highest BCUT2D eigenvalue weighted by atomic mass is 15.1. The summed E-state index contributed by atoms with van der Waals surface area (Å²) in [7, 11) is 0. The third-order valence-electron chi connectivity index (χ3n) is 4.36. The van der Waals surface area contributed by atoms with Crippen molar-refractivity contribution >= 4 is 34.5 Å². The maximum absolute atomic E-state index is 4.79. The monoisotopic (exact) mass is 341 g/mol. The predicted octanol–water partition coefficient (Wildman–Crippen LogP) is 4.22. The van der Waals surface area contributed by atoms with Gasteiger partial charge < -0.3 is 4.98 Å². The average Bonchev–Trinajstić information content (AvgIpc) is 3.29. The standard InChI is InChI=1S/C21H19N5/c1-22-12-11-21(26-15-25-19-8-4-5-9-20(19)26)23-13-10-16-14-24-18-7-3-2-6-17(16)18/h2-9,11-12,14-15,24H,1,10,13H2/b12-11-,23-21+. The fourth-order valence-corrected chi connectivity index (χ4v) is 3.10. The molecule has 0 saturated carbocycles. The topological polar surface area (TPSA) is 58.3 Å². The third kappa shape index (κ3) is 3.07. The van der Waals surface area contributed by atoms with Gasteiger partial charge in [-0.3, -0.25) is 14.6 Å². The van der Waals surface area contributed by atoms with E-state index in [1.54, 1.807) is 12.5 Å². The minimum atomic E-state index is 0.672. The molecule has 26 heavy (non-hydrogen) atoms. The smallest absolute Gasteiger partial charge is 0.134 e. The molecule has 0 fully saturated rings. The van der Waals surface area contributed by atoms with E-state index in [9.17, 15) is 0 Å². The lowest BCUT2D eigenvalue weighted by Gasteiger charge is -2.05. The summed E-state index contributed by atoms with van der Waals surface area (Å²) in [4.78, 5) is 16.4. The summed E-state index contributed by atoms with van der Waals surface area (Å²) in [6, 6.07) is 16.3. The van der Waals surface area contributed by atoms with Crippen LogP contribution in [0.1, 0.15) is 5.56 Å². The molecule has 0 saturated heterocycles. The van der Waals surface area contributed by atoms with Crippen molar-refractivity contribution in [3.8, 4) is 0 Å². The Morgan fingerprint density at radius 3 is 2.92 bits per heavy atom. The van der Waals surface area contributed by atoms with Crippen LogP contribution in [-0.4, -0.2) is 33.6 Å². The normalized spacial score (nSPS) is 12.4. The van der Waals surface area contributed by atoms with Crippen LogP contribution in [0.3, 0.4) is 0 Å². The number of nitrogens with one attached hydrogen (secondary N) is 1. The second-order valence-electron chi connectivity index (χ2n) is 5.95. The number of fused-ring (bicyclic) bond motifs is 2. The van der Waals surface area contributed by atoms with Gasteiger partial charge in [-0.05, 0) is 43.0 Å². The van der Waals surface area contributed by atoms with E-state index in [1.807, 2.05) is 41.0 Å². The molecule has 2 heterocycles. The molecule has 0 aliphatic carbocycles. The summed E-state index contributed by atoms with van der Waals surface area (Å²) >= 11 is 0. The van der Waals surface area contributed by atoms with E-state index in [1.165, 1.54) is 10.9 Å². The Balaban J connectivity index is 1.62. The predicted molar refractivity (Wildman–Crippen MR) is 108 cm³/mol. The molecule has 0 bridgehead atoms. The van der Waals surface area contributed by atoms with Gasteiger partial charge in [0.05, 0.1) is 11.0 Å². The first kappa shape index (κ1) is 16.0. The zero-order valence-electron chi connectivity index (χ0n) is 14.3. The Morgan fingerprint density at radius 1 is 1.15 bits per heavy atom. The largest absolute Gasteiger partial charge is 0.361 e. The molecular weight excluding hydrogens is 322 g/mol. The second-order valence-corrected chi connectivity index (χ2v) is 5.95. The molecule has 1 N–H and O–H groups in total. The number of hydrogen-bond acceptors (Lipinski definition) is 3. The van der Waals surface area contributed by atoms with Crippen LogP contribution in [0.25, 0.3) is 21.9 Å². The van der Waals surface area contributed by atoms with Gasteiger partial charge in [0.1, 0.15) is 12.2 Å². The lowest BCUT2D eigenvalue weighted by molar-refractivity contribution is 0.961. The van der Waals surface area contributed by atoms with Crippen LogP contribution in [0.2, 0.25) is 0 Å². The van der Waals surface area contributed by atoms with E-state index >= 15 is 0 Å². The number of hydrogen-bond donors (Lipinski definition) is 1. The molecule has 0 aliphatic heterocycles. The summed E-state index contributed by atoms with van der Waals surface area (Å²) in [5.74, 6) is 0.797. The molecule has 4 rings (SSSR count). The molecule has 0 radical (unpaired) electrons. The van der Waals surface area contributed by atoms with Gasteiger partial charge in [-0.25, -0.2) is 4.98 Å². The van der Waals surface area contributed by atoms with E-state index in [4.69, 9.17) is 4.99 Å². The van der Waals surface area contributed by atoms with Crippen LogP contribution in [0, 0.1) is 0 Å². The van der Waals surface area contributed by atoms with Crippen molar-refractivity contribution in [1.29, 1.82) is 0 Å². The van der Waals surface area contributed by atoms with E-state index in [0.717, 1.165) is 28.8 Å². The molecule has 128 valence electrons. The van der Waals surface area contributed by atoms with Gasteiger partial charge in [0.2, 0.25) is 0 Å². The highest BCUT2D eigenvalue weighted by Gasteiger charge is 2.06. The lowest BCUT2D eigenvalue weighted by Crippen LogP contribution is -2.09. The van der Waals surface area contributed by atoms with Crippen LogP contribution in [-0.2, 0) is 6.42 Å². The molecule has 0 atom stereocenters. The summed E-state index contributed by atoms with van der Waals surface area (Å²) in [6.45, 7) is 4.18. The number of H-pyrrole nitrogens is 1. The third-order valence-corrected chi connectivity index (χ3v) is 4.36. The number of aromatic amines is 1. The summed E-state index contributed by atoms with van der Waals surface area (Å²) < 4.78 is 1.98. The van der Waals surface area contributed by atoms with Crippen molar-refractivity contribution in [2.24, 2.45) is 9.98 Å². The molecule has 0 amide bonds. The first-order valence-electron chi connectivity index (χ1n) is 8.51. The Morgan fingerprint density at radius 2 is 2.00 bits per heavy atom. The van der Waals surface area contributed by atoms with Crippen molar-refractivity contribution in [1.82, 2.24) is 14.5 Å². The van der Waals surface area contributed by atoms with Gasteiger partial charge in [-0.15, -0.1) is 0 Å². The van der Waals surface area contributed by atoms with E-state index in [2.05, 4.69) is 46.1 Å². The van der Waals surface area contributed by atoms with Gasteiger partial charge in [0.25, 0.3) is 0 Å². The SMILES string of the molecule is C=N/C=C\C(=N/CCc1c[nH]c2ccccc12)n1cnc2ccccc21. The van der Waals surface area contributed by atoms with Gasteiger partial charge >= 0.3 is 0 Å². The van der Waals surface area contributed by atoms with E-state index in [-0.39, 0.29) is 0 Å². The van der Waals surface area contributed by atoms with E-state index in [0.29, 0.717) is 6.54 Å². The number of benzene rings is 2. The van der Waals surface area contributed by atoms with Gasteiger partial charge in [0, 0.05) is 29.8 Å². The van der Waals surface area contributed by atoms with Gasteiger partial charge in [-0.1, -0.05) is 30.3 Å². The Kier molecular flexibility index (Phi) is 4.43. The van der Waals surface area contributed by atoms with Crippen LogP contribution in [0.4, 0.5) is 0 Å². The minimum Gasteiger partial charge on any atom is -0.361 e. The molecule has 2 aromatic carbocycles. The van der Waals surface area contributed by atoms with Crippen molar-refractivity contribution in [2.45, 2.75) is 6.42 Å². The van der Waals surface area contributed by atoms with Crippen molar-refractivity contribution in [3.63, 3.8) is 0 Å². The number of allylic oxidation sites excluding steroid dienone is 1. The Labute approximate surface area is 151 Å². The number of aromatic nitrogens is 3. The maximum Gasteiger partial charge on any atom is 0.134 e. The fourth-order valence-electron chi connectivity index (χ4n) is 3.10. The minimum absolute atomic E-state index is 0.672. The number of imidazole rings is 1. The zero-order valence-corrected chi connectivity index (χ0v) is 14.3. The summed E-state index contributed by atoms with van der Waals surface area (Å²) in [5, 5.41) is 1.25. The number of nitrogens with zero attached hydrogens (tertiary/aromatic N) is 4. The Bertz CT molecular complexity index is 1110. The molecular formula is C21H19N5. The van der Waals surface area contributed by atoms with Crippen molar-refractivity contribution in [3.05, 3.63) is 78.9 Å². The highest BCUT2D eigenvalue weighted by Crippen LogP contribution is 2.18. The number of rotatable bonds is 5. The molecule has 2 aromatic heterocycles. The molecule has 0 spiro atoms. The first-order chi connectivity index (χ1) is 12.9. The van der Waals surface area contributed by atoms with Crippen molar-refractivity contribution in [2.75, 3.05) is 6.54 Å². The van der Waals surface area contributed by atoms with Gasteiger partial charge in [-0.2, -0.15) is 0 Å². The lowest BCUT2D eigenvalue weighted by atomic mass is 10.1. The van der Waals surface area contributed by atoms with Crippen molar-refractivity contribution < 1.29 is 0 Å². The second kappa shape index (κ2) is 7.19. The van der Waals surface area contributed by atoms with Crippen LogP contribution in [0.5, 0.6) is 0 Å². The van der Waals surface area contributed by atoms with Gasteiger partial charge in [0.15, 0.2) is 0 Å². The highest BCUT2D eigenvalue weighted by molar-refractivity contribution is 6.00. The zero-order chi connectivity index (χ0) is 17.8. The van der Waals surface area contributed by atoms with Crippen LogP contribution >= 0.6 is 0 Å². The summed E-state index contributed by atoms with van der Waals surface area (Å²) in [5.41, 5.74) is 4.39. The van der Waals surface area contributed by atoms with E-state index < -0.39 is 0 Å². The quantitative estimate of drug-likeness (QED) is 0.429. The number of aliphatic imine (C=N–C) groups is 2. The molecule has 5 nitrogen and oxygen atoms in total. The fraction of sp³-hybridized carbons (Fsp3) is 0.0952. The van der Waals surface area contributed by atoms with Crippen LogP contribution < -0.4 is 0 Å². The van der Waals surface area contributed by atoms with Crippen LogP contribution in [0.15, 0.2) is 83.3 Å².